The maximum Gasteiger partial charge on any atom is 0.0663 e. The molecule has 0 aliphatic carbocycles. The summed E-state index contributed by atoms with van der Waals surface area (Å²) in [6.07, 6.45) is 17.6. The number of nitriles is 1. The molecule has 0 rings (SSSR count). The largest absolute Gasteiger partial charge is 0.198 e. The van der Waals surface area contributed by atoms with Crippen LogP contribution in [-0.4, -0.2) is 0 Å². The number of hydrogen-bond donors (Lipinski definition) is 0. The van der Waals surface area contributed by atoms with Crippen molar-refractivity contribution in [2.24, 2.45) is 0 Å². The van der Waals surface area contributed by atoms with E-state index in [1.165, 1.54) is 12.8 Å². The fraction of sp³-hybridized carbons (Fsp3) is 0.462. The summed E-state index contributed by atoms with van der Waals surface area (Å²) in [5, 5.41) is 8.27. The number of hydrogen-bond acceptors (Lipinski definition) is 1. The molecule has 1 heteroatoms. The third kappa shape index (κ3) is 10.7. The first kappa shape index (κ1) is 12.7. The number of rotatable bonds is 7. The molecule has 0 aliphatic heterocycles. The lowest BCUT2D eigenvalue weighted by molar-refractivity contribution is 0.761. The second-order valence-corrected chi connectivity index (χ2v) is 3.07. The van der Waals surface area contributed by atoms with Gasteiger partial charge < -0.3 is 0 Å². The van der Waals surface area contributed by atoms with Crippen LogP contribution in [-0.2, 0) is 0 Å². The Morgan fingerprint density at radius 3 is 2.36 bits per heavy atom. The minimum absolute atomic E-state index is 0.543. The van der Waals surface area contributed by atoms with E-state index >= 15 is 0 Å². The van der Waals surface area contributed by atoms with Crippen LogP contribution in [0.5, 0.6) is 0 Å². The van der Waals surface area contributed by atoms with Crippen molar-refractivity contribution in [1.82, 2.24) is 0 Å². The van der Waals surface area contributed by atoms with Crippen LogP contribution in [0.25, 0.3) is 0 Å². The first-order valence-electron chi connectivity index (χ1n) is 5.21. The number of unbranched alkanes of at least 4 members (excludes halogenated alkanes) is 3. The SMILES string of the molecule is C/C=C/C=C/CCCC/C=C/CC#N. The average molecular weight is 189 g/mol. The van der Waals surface area contributed by atoms with Crippen LogP contribution in [0.15, 0.2) is 36.5 Å². The van der Waals surface area contributed by atoms with Crippen molar-refractivity contribution < 1.29 is 0 Å². The first-order valence-corrected chi connectivity index (χ1v) is 5.21. The van der Waals surface area contributed by atoms with Crippen molar-refractivity contribution in [1.29, 1.82) is 5.26 Å². The standard InChI is InChI=1S/C13H19N/c1-2-3-4-5-6-7-8-9-10-11-12-13-14/h2-5,10-11H,6-9,12H2,1H3/b3-2+,5-4+,11-10+. The van der Waals surface area contributed by atoms with Crippen LogP contribution in [0.3, 0.4) is 0 Å². The Balaban J connectivity index is 3.18. The molecule has 0 radical (unpaired) electrons. The van der Waals surface area contributed by atoms with E-state index in [1.807, 2.05) is 25.2 Å². The van der Waals surface area contributed by atoms with Crippen LogP contribution in [0.1, 0.15) is 39.0 Å². The smallest absolute Gasteiger partial charge is 0.0663 e. The van der Waals surface area contributed by atoms with Gasteiger partial charge in [0, 0.05) is 0 Å². The zero-order valence-corrected chi connectivity index (χ0v) is 8.95. The van der Waals surface area contributed by atoms with E-state index in [0.717, 1.165) is 12.8 Å². The zero-order valence-electron chi connectivity index (χ0n) is 8.95. The molecule has 76 valence electrons. The Morgan fingerprint density at radius 2 is 1.71 bits per heavy atom. The van der Waals surface area contributed by atoms with Gasteiger partial charge in [0.05, 0.1) is 12.5 Å². The van der Waals surface area contributed by atoms with Crippen molar-refractivity contribution >= 4 is 0 Å². The molecule has 0 fully saturated rings. The highest BCUT2D eigenvalue weighted by atomic mass is 14.2. The van der Waals surface area contributed by atoms with Crippen molar-refractivity contribution in [3.05, 3.63) is 36.5 Å². The van der Waals surface area contributed by atoms with Crippen LogP contribution in [0.2, 0.25) is 0 Å². The van der Waals surface area contributed by atoms with E-state index in [4.69, 9.17) is 5.26 Å². The van der Waals surface area contributed by atoms with E-state index in [-0.39, 0.29) is 0 Å². The fourth-order valence-corrected chi connectivity index (χ4v) is 1.06. The van der Waals surface area contributed by atoms with Gasteiger partial charge in [0.1, 0.15) is 0 Å². The average Bonchev–Trinajstić information content (AvgIpc) is 2.21. The van der Waals surface area contributed by atoms with Gasteiger partial charge in [-0.2, -0.15) is 5.26 Å². The Hall–Kier alpha value is -1.29. The molecule has 0 N–H and O–H groups in total. The third-order valence-corrected chi connectivity index (χ3v) is 1.81. The lowest BCUT2D eigenvalue weighted by atomic mass is 10.1. The van der Waals surface area contributed by atoms with E-state index in [0.29, 0.717) is 6.42 Å². The maximum atomic E-state index is 8.27. The summed E-state index contributed by atoms with van der Waals surface area (Å²) in [5.41, 5.74) is 0. The second-order valence-electron chi connectivity index (χ2n) is 3.07. The van der Waals surface area contributed by atoms with Gasteiger partial charge in [-0.1, -0.05) is 36.5 Å². The summed E-state index contributed by atoms with van der Waals surface area (Å²) in [5.74, 6) is 0. The predicted octanol–water partition coefficient (Wildman–Crippen LogP) is 4.15. The van der Waals surface area contributed by atoms with E-state index in [9.17, 15) is 0 Å². The molecule has 0 unspecified atom stereocenters. The van der Waals surface area contributed by atoms with Gasteiger partial charge in [-0.25, -0.2) is 0 Å². The quantitative estimate of drug-likeness (QED) is 0.335. The summed E-state index contributed by atoms with van der Waals surface area (Å²) in [4.78, 5) is 0. The Morgan fingerprint density at radius 1 is 1.00 bits per heavy atom. The summed E-state index contributed by atoms with van der Waals surface area (Å²) in [6, 6.07) is 2.09. The van der Waals surface area contributed by atoms with Gasteiger partial charge in [-0.15, -0.1) is 0 Å². The van der Waals surface area contributed by atoms with Crippen molar-refractivity contribution in [3.63, 3.8) is 0 Å². The normalized spacial score (nSPS) is 11.7. The van der Waals surface area contributed by atoms with Gasteiger partial charge in [-0.05, 0) is 32.6 Å². The molecule has 0 bridgehead atoms. The lowest BCUT2D eigenvalue weighted by Gasteiger charge is -1.91. The van der Waals surface area contributed by atoms with E-state index in [1.54, 1.807) is 0 Å². The highest BCUT2D eigenvalue weighted by Crippen LogP contribution is 2.02. The predicted molar refractivity (Wildman–Crippen MR) is 61.8 cm³/mol. The molecule has 0 amide bonds. The van der Waals surface area contributed by atoms with Gasteiger partial charge in [0.15, 0.2) is 0 Å². The molecule has 0 aromatic heterocycles. The molecule has 0 aliphatic rings. The topological polar surface area (TPSA) is 23.8 Å². The zero-order chi connectivity index (χ0) is 10.5. The first-order chi connectivity index (χ1) is 6.91. The molecule has 0 saturated carbocycles. The second kappa shape index (κ2) is 11.7. The number of nitrogens with zero attached hydrogens (tertiary/aromatic N) is 1. The Bertz CT molecular complexity index is 228. The highest BCUT2D eigenvalue weighted by Gasteiger charge is 1.82. The van der Waals surface area contributed by atoms with Gasteiger partial charge >= 0.3 is 0 Å². The third-order valence-electron chi connectivity index (χ3n) is 1.81. The Kier molecular flexibility index (Phi) is 10.6. The summed E-state index contributed by atoms with van der Waals surface area (Å²) >= 11 is 0. The summed E-state index contributed by atoms with van der Waals surface area (Å²) in [7, 11) is 0. The van der Waals surface area contributed by atoms with Crippen LogP contribution in [0.4, 0.5) is 0 Å². The van der Waals surface area contributed by atoms with Crippen molar-refractivity contribution in [3.8, 4) is 6.07 Å². The molecule has 0 saturated heterocycles. The van der Waals surface area contributed by atoms with Crippen LogP contribution in [0, 0.1) is 11.3 Å². The number of allylic oxidation sites excluding steroid dienone is 6. The van der Waals surface area contributed by atoms with Gasteiger partial charge in [0.25, 0.3) is 0 Å². The minimum atomic E-state index is 0.543. The monoisotopic (exact) mass is 189 g/mol. The van der Waals surface area contributed by atoms with Gasteiger partial charge in [-0.3, -0.25) is 0 Å². The molecular formula is C13H19N. The van der Waals surface area contributed by atoms with E-state index < -0.39 is 0 Å². The maximum absolute atomic E-state index is 8.27. The minimum Gasteiger partial charge on any atom is -0.198 e. The molecule has 0 heterocycles. The molecule has 14 heavy (non-hydrogen) atoms. The summed E-state index contributed by atoms with van der Waals surface area (Å²) in [6.45, 7) is 2.02. The Labute approximate surface area is 87.4 Å². The van der Waals surface area contributed by atoms with E-state index in [2.05, 4.69) is 24.3 Å². The molecular weight excluding hydrogens is 170 g/mol. The fourth-order valence-electron chi connectivity index (χ4n) is 1.06. The molecule has 0 atom stereocenters. The summed E-state index contributed by atoms with van der Waals surface area (Å²) < 4.78 is 0. The molecule has 0 aromatic rings. The molecule has 0 spiro atoms. The van der Waals surface area contributed by atoms with Crippen molar-refractivity contribution in [2.75, 3.05) is 0 Å². The van der Waals surface area contributed by atoms with Gasteiger partial charge in [0.2, 0.25) is 0 Å². The molecule has 0 aromatic carbocycles. The van der Waals surface area contributed by atoms with Crippen LogP contribution < -0.4 is 0 Å². The van der Waals surface area contributed by atoms with Crippen LogP contribution >= 0.6 is 0 Å². The lowest BCUT2D eigenvalue weighted by Crippen LogP contribution is -1.72. The highest BCUT2D eigenvalue weighted by molar-refractivity contribution is 5.00. The molecule has 1 nitrogen and oxygen atoms in total. The van der Waals surface area contributed by atoms with Crippen molar-refractivity contribution in [2.45, 2.75) is 39.0 Å².